The maximum Gasteiger partial charge on any atom is 0.416 e. The molecule has 0 aliphatic carbocycles. The van der Waals surface area contributed by atoms with Crippen LogP contribution in [0.25, 0.3) is 11.3 Å². The van der Waals surface area contributed by atoms with E-state index in [2.05, 4.69) is 19.7 Å². The topological polar surface area (TPSA) is 43.6 Å². The van der Waals surface area contributed by atoms with Gasteiger partial charge in [-0.15, -0.1) is 21.5 Å². The van der Waals surface area contributed by atoms with E-state index in [0.29, 0.717) is 17.7 Å². The lowest BCUT2D eigenvalue weighted by Crippen LogP contribution is -2.06. The Bertz CT molecular complexity index is 913. The van der Waals surface area contributed by atoms with Crippen LogP contribution in [0.3, 0.4) is 0 Å². The van der Waals surface area contributed by atoms with Gasteiger partial charge in [-0.05, 0) is 25.0 Å². The number of alkyl halides is 3. The van der Waals surface area contributed by atoms with Gasteiger partial charge in [-0.3, -0.25) is 0 Å². The van der Waals surface area contributed by atoms with Crippen LogP contribution >= 0.6 is 11.3 Å². The minimum Gasteiger partial charge on any atom is -0.315 e. The van der Waals surface area contributed by atoms with E-state index in [1.165, 1.54) is 23.8 Å². The highest BCUT2D eigenvalue weighted by molar-refractivity contribution is 7.10. The molecule has 0 saturated carbocycles. The van der Waals surface area contributed by atoms with Crippen molar-refractivity contribution in [1.29, 1.82) is 0 Å². The zero-order chi connectivity index (χ0) is 18.1. The lowest BCUT2D eigenvalue weighted by atomic mass is 10.1. The van der Waals surface area contributed by atoms with Crippen molar-refractivity contribution < 1.29 is 13.2 Å². The molecular weight excluding hydrogens is 361 g/mol. The number of hydrogen-bond acceptors (Lipinski definition) is 4. The Morgan fingerprint density at radius 1 is 1.12 bits per heavy atom. The molecule has 0 fully saturated rings. The van der Waals surface area contributed by atoms with Crippen LogP contribution in [0.15, 0.2) is 29.6 Å². The molecule has 26 heavy (non-hydrogen) atoms. The Balaban J connectivity index is 1.57. The number of benzene rings is 1. The van der Waals surface area contributed by atoms with Crippen molar-refractivity contribution in [2.45, 2.75) is 44.8 Å². The molecule has 0 atom stereocenters. The predicted molar refractivity (Wildman–Crippen MR) is 92.9 cm³/mol. The molecular formula is C18H17F3N4S. The third-order valence-electron chi connectivity index (χ3n) is 4.53. The van der Waals surface area contributed by atoms with Gasteiger partial charge in [0.05, 0.1) is 17.7 Å². The first-order valence-electron chi connectivity index (χ1n) is 8.54. The molecule has 0 saturated heterocycles. The molecule has 136 valence electrons. The monoisotopic (exact) mass is 378 g/mol. The highest BCUT2D eigenvalue weighted by atomic mass is 32.1. The van der Waals surface area contributed by atoms with Crippen molar-refractivity contribution in [1.82, 2.24) is 19.7 Å². The lowest BCUT2D eigenvalue weighted by molar-refractivity contribution is -0.137. The number of aromatic nitrogens is 4. The fraction of sp³-hybridized carbons (Fsp3) is 0.389. The molecule has 4 nitrogen and oxygen atoms in total. The van der Waals surface area contributed by atoms with Crippen molar-refractivity contribution in [3.8, 4) is 11.3 Å². The molecule has 0 N–H and O–H groups in total. The van der Waals surface area contributed by atoms with Crippen LogP contribution in [0.1, 0.15) is 41.5 Å². The zero-order valence-electron chi connectivity index (χ0n) is 14.0. The lowest BCUT2D eigenvalue weighted by Gasteiger charge is -2.07. The second-order valence-corrected chi connectivity index (χ2v) is 7.32. The quantitative estimate of drug-likeness (QED) is 0.661. The van der Waals surface area contributed by atoms with E-state index in [4.69, 9.17) is 0 Å². The average molecular weight is 378 g/mol. The second kappa shape index (κ2) is 6.83. The SMILES string of the molecule is FC(F)(F)c1cccc(-c2csc(Cc3nnc4n3CCCCC4)n2)c1. The van der Waals surface area contributed by atoms with E-state index >= 15 is 0 Å². The van der Waals surface area contributed by atoms with Crippen molar-refractivity contribution in [3.63, 3.8) is 0 Å². The number of aryl methyl sites for hydroxylation is 1. The molecule has 3 aromatic rings. The molecule has 0 radical (unpaired) electrons. The van der Waals surface area contributed by atoms with Crippen LogP contribution < -0.4 is 0 Å². The van der Waals surface area contributed by atoms with Crippen LogP contribution in [0, 0.1) is 0 Å². The number of thiazole rings is 1. The predicted octanol–water partition coefficient (Wildman–Crippen LogP) is 4.74. The van der Waals surface area contributed by atoms with Crippen LogP contribution in [-0.4, -0.2) is 19.7 Å². The Morgan fingerprint density at radius 3 is 2.85 bits per heavy atom. The third-order valence-corrected chi connectivity index (χ3v) is 5.38. The summed E-state index contributed by atoms with van der Waals surface area (Å²) in [5.74, 6) is 1.90. The standard InChI is InChI=1S/C18H17F3N4S/c19-18(20,21)13-6-4-5-12(9-13)14-11-26-17(22-14)10-16-24-23-15-7-2-1-3-8-25(15)16/h4-6,9,11H,1-3,7-8,10H2. The van der Waals surface area contributed by atoms with Gasteiger partial charge in [-0.1, -0.05) is 18.6 Å². The van der Waals surface area contributed by atoms with Crippen LogP contribution in [0.4, 0.5) is 13.2 Å². The summed E-state index contributed by atoms with van der Waals surface area (Å²) >= 11 is 1.44. The first-order chi connectivity index (χ1) is 12.5. The number of rotatable bonds is 3. The fourth-order valence-corrected chi connectivity index (χ4v) is 3.99. The minimum atomic E-state index is -4.35. The van der Waals surface area contributed by atoms with E-state index in [-0.39, 0.29) is 0 Å². The van der Waals surface area contributed by atoms with Gasteiger partial charge in [0.1, 0.15) is 16.7 Å². The van der Waals surface area contributed by atoms with E-state index in [1.54, 1.807) is 11.4 Å². The zero-order valence-corrected chi connectivity index (χ0v) is 14.8. The van der Waals surface area contributed by atoms with Gasteiger partial charge in [0.15, 0.2) is 0 Å². The molecule has 3 heterocycles. The molecule has 4 rings (SSSR count). The van der Waals surface area contributed by atoms with Gasteiger partial charge in [-0.2, -0.15) is 13.2 Å². The molecule has 0 unspecified atom stereocenters. The van der Waals surface area contributed by atoms with Gasteiger partial charge in [0, 0.05) is 23.9 Å². The maximum absolute atomic E-state index is 12.9. The summed E-state index contributed by atoms with van der Waals surface area (Å²) in [5.41, 5.74) is 0.376. The number of fused-ring (bicyclic) bond motifs is 1. The highest BCUT2D eigenvalue weighted by Gasteiger charge is 2.30. The Morgan fingerprint density at radius 2 is 2.00 bits per heavy atom. The largest absolute Gasteiger partial charge is 0.416 e. The fourth-order valence-electron chi connectivity index (χ4n) is 3.19. The number of nitrogens with zero attached hydrogens (tertiary/aromatic N) is 4. The van der Waals surface area contributed by atoms with Gasteiger partial charge in [0.25, 0.3) is 0 Å². The van der Waals surface area contributed by atoms with E-state index in [9.17, 15) is 13.2 Å². The summed E-state index contributed by atoms with van der Waals surface area (Å²) < 4.78 is 40.9. The van der Waals surface area contributed by atoms with Gasteiger partial charge in [-0.25, -0.2) is 4.98 Å². The summed E-state index contributed by atoms with van der Waals surface area (Å²) in [5, 5.41) is 11.2. The first kappa shape index (κ1) is 17.2. The Kier molecular flexibility index (Phi) is 4.52. The second-order valence-electron chi connectivity index (χ2n) is 6.38. The van der Waals surface area contributed by atoms with Crippen molar-refractivity contribution in [2.75, 3.05) is 0 Å². The molecule has 0 spiro atoms. The van der Waals surface area contributed by atoms with Gasteiger partial charge < -0.3 is 4.57 Å². The molecule has 8 heteroatoms. The molecule has 2 aromatic heterocycles. The smallest absolute Gasteiger partial charge is 0.315 e. The van der Waals surface area contributed by atoms with E-state index in [1.807, 2.05) is 0 Å². The molecule has 1 aromatic carbocycles. The van der Waals surface area contributed by atoms with Gasteiger partial charge >= 0.3 is 6.18 Å². The normalized spacial score (nSPS) is 14.9. The summed E-state index contributed by atoms with van der Waals surface area (Å²) in [6.45, 7) is 0.920. The maximum atomic E-state index is 12.9. The number of hydrogen-bond donors (Lipinski definition) is 0. The molecule has 0 amide bonds. The van der Waals surface area contributed by atoms with Crippen LogP contribution in [-0.2, 0) is 25.6 Å². The number of halogens is 3. The van der Waals surface area contributed by atoms with Crippen molar-refractivity contribution in [2.24, 2.45) is 0 Å². The highest BCUT2D eigenvalue weighted by Crippen LogP contribution is 2.32. The van der Waals surface area contributed by atoms with Gasteiger partial charge in [0.2, 0.25) is 0 Å². The Labute approximate surface area is 152 Å². The molecule has 1 aliphatic rings. The molecule has 1 aliphatic heterocycles. The van der Waals surface area contributed by atoms with E-state index < -0.39 is 11.7 Å². The summed E-state index contributed by atoms with van der Waals surface area (Å²) in [6.07, 6.45) is 0.588. The van der Waals surface area contributed by atoms with Crippen LogP contribution in [0.5, 0.6) is 0 Å². The summed E-state index contributed by atoms with van der Waals surface area (Å²) in [7, 11) is 0. The first-order valence-corrected chi connectivity index (χ1v) is 9.41. The summed E-state index contributed by atoms with van der Waals surface area (Å²) in [6, 6.07) is 5.27. The Hall–Kier alpha value is -2.22. The molecule has 0 bridgehead atoms. The van der Waals surface area contributed by atoms with Crippen molar-refractivity contribution >= 4 is 11.3 Å². The summed E-state index contributed by atoms with van der Waals surface area (Å²) in [4.78, 5) is 4.52. The average Bonchev–Trinajstić information content (AvgIpc) is 3.16. The van der Waals surface area contributed by atoms with E-state index in [0.717, 1.165) is 54.6 Å². The van der Waals surface area contributed by atoms with Crippen molar-refractivity contribution in [3.05, 3.63) is 51.9 Å². The van der Waals surface area contributed by atoms with Crippen LogP contribution in [0.2, 0.25) is 0 Å². The third kappa shape index (κ3) is 3.51. The minimum absolute atomic E-state index is 0.474.